The minimum atomic E-state index is -3.92. The van der Waals surface area contributed by atoms with Crippen LogP contribution in [0.25, 0.3) is 0 Å². The van der Waals surface area contributed by atoms with Crippen LogP contribution in [0.2, 0.25) is 10.0 Å². The average molecular weight is 404 g/mol. The minimum absolute atomic E-state index is 0.0453. The van der Waals surface area contributed by atoms with E-state index in [0.29, 0.717) is 21.4 Å². The summed E-state index contributed by atoms with van der Waals surface area (Å²) in [7, 11) is -3.92. The highest BCUT2D eigenvalue weighted by atomic mass is 35.5. The van der Waals surface area contributed by atoms with Crippen molar-refractivity contribution in [3.8, 4) is 5.75 Å². The van der Waals surface area contributed by atoms with E-state index < -0.39 is 16.0 Å². The van der Waals surface area contributed by atoms with Crippen LogP contribution in [-0.2, 0) is 14.8 Å². The Morgan fingerprint density at radius 3 is 2.48 bits per heavy atom. The summed E-state index contributed by atoms with van der Waals surface area (Å²) in [5.74, 6) is -0.273. The highest BCUT2D eigenvalue weighted by Gasteiger charge is 2.16. The molecule has 0 aliphatic rings. The fourth-order valence-corrected chi connectivity index (χ4v) is 3.27. The number of esters is 1. The third kappa shape index (κ3) is 5.34. The maximum absolute atomic E-state index is 12.0. The number of aryl methyl sites for hydroxylation is 1. The fourth-order valence-electron chi connectivity index (χ4n) is 2.00. The van der Waals surface area contributed by atoms with Crippen molar-refractivity contribution < 1.29 is 22.7 Å². The Balaban J connectivity index is 1.94. The van der Waals surface area contributed by atoms with Crippen molar-refractivity contribution in [2.75, 3.05) is 13.2 Å². The van der Waals surface area contributed by atoms with E-state index in [9.17, 15) is 13.2 Å². The Morgan fingerprint density at radius 1 is 1.12 bits per heavy atom. The maximum Gasteiger partial charge on any atom is 0.338 e. The van der Waals surface area contributed by atoms with E-state index in [1.807, 2.05) is 0 Å². The van der Waals surface area contributed by atoms with Gasteiger partial charge in [0.05, 0.1) is 15.5 Å². The molecule has 0 saturated carbocycles. The summed E-state index contributed by atoms with van der Waals surface area (Å²) in [4.78, 5) is 11.9. The summed E-state index contributed by atoms with van der Waals surface area (Å²) >= 11 is 11.7. The topological polar surface area (TPSA) is 95.7 Å². The first-order chi connectivity index (χ1) is 11.7. The van der Waals surface area contributed by atoms with E-state index in [1.54, 1.807) is 19.1 Å². The molecule has 6 nitrogen and oxygen atoms in total. The number of carbonyl (C=O) groups excluding carboxylic acids is 1. The molecule has 0 spiro atoms. The van der Waals surface area contributed by atoms with Crippen LogP contribution in [0.1, 0.15) is 15.9 Å². The quantitative estimate of drug-likeness (QED) is 0.589. The third-order valence-electron chi connectivity index (χ3n) is 3.20. The number of benzene rings is 2. The standard InChI is InChI=1S/C16H15Cl2NO5S/c1-10-2-3-11(8-15(10)25(19,21)22)16(20)24-7-6-23-14-5-4-12(17)9-13(14)18/h2-5,8-9H,6-7H2,1H3,(H2,19,21,22). The zero-order valence-electron chi connectivity index (χ0n) is 13.2. The number of hydrogen-bond donors (Lipinski definition) is 1. The molecule has 0 heterocycles. The summed E-state index contributed by atoms with van der Waals surface area (Å²) in [5.41, 5.74) is 0.527. The van der Waals surface area contributed by atoms with Gasteiger partial charge in [0.1, 0.15) is 19.0 Å². The molecular weight excluding hydrogens is 389 g/mol. The summed E-state index contributed by atoms with van der Waals surface area (Å²) in [6.07, 6.45) is 0. The second-order valence-electron chi connectivity index (χ2n) is 5.08. The van der Waals surface area contributed by atoms with Crippen molar-refractivity contribution in [2.24, 2.45) is 5.14 Å². The minimum Gasteiger partial charge on any atom is -0.488 e. The van der Waals surface area contributed by atoms with E-state index >= 15 is 0 Å². The monoisotopic (exact) mass is 403 g/mol. The van der Waals surface area contributed by atoms with Gasteiger partial charge in [0.15, 0.2) is 0 Å². The molecule has 0 fully saturated rings. The summed E-state index contributed by atoms with van der Waals surface area (Å²) in [6, 6.07) is 8.89. The van der Waals surface area contributed by atoms with E-state index in [1.165, 1.54) is 24.3 Å². The molecule has 0 saturated heterocycles. The predicted molar refractivity (Wildman–Crippen MR) is 94.8 cm³/mol. The van der Waals surface area contributed by atoms with Crippen LogP contribution in [-0.4, -0.2) is 27.6 Å². The molecule has 2 aromatic carbocycles. The Morgan fingerprint density at radius 2 is 1.84 bits per heavy atom. The van der Waals surface area contributed by atoms with Crippen LogP contribution in [0.4, 0.5) is 0 Å². The molecule has 25 heavy (non-hydrogen) atoms. The summed E-state index contributed by atoms with van der Waals surface area (Å²) < 4.78 is 33.4. The highest BCUT2D eigenvalue weighted by molar-refractivity contribution is 7.89. The molecule has 2 N–H and O–H groups in total. The Kier molecular flexibility index (Phi) is 6.29. The molecule has 0 radical (unpaired) electrons. The van der Waals surface area contributed by atoms with Crippen molar-refractivity contribution in [3.05, 3.63) is 57.6 Å². The highest BCUT2D eigenvalue weighted by Crippen LogP contribution is 2.27. The lowest BCUT2D eigenvalue weighted by Crippen LogP contribution is -2.16. The largest absolute Gasteiger partial charge is 0.488 e. The second-order valence-corrected chi connectivity index (χ2v) is 7.46. The van der Waals surface area contributed by atoms with Gasteiger partial charge in [0, 0.05) is 5.02 Å². The van der Waals surface area contributed by atoms with Crippen molar-refractivity contribution in [2.45, 2.75) is 11.8 Å². The Bertz CT molecular complexity index is 899. The summed E-state index contributed by atoms with van der Waals surface area (Å²) in [5, 5.41) is 5.94. The van der Waals surface area contributed by atoms with Gasteiger partial charge in [0.25, 0.3) is 0 Å². The molecule has 0 bridgehead atoms. The number of nitrogens with two attached hydrogens (primary N) is 1. The average Bonchev–Trinajstić information content (AvgIpc) is 2.52. The maximum atomic E-state index is 12.0. The van der Waals surface area contributed by atoms with Crippen LogP contribution < -0.4 is 9.88 Å². The molecule has 0 aliphatic carbocycles. The molecule has 0 aromatic heterocycles. The molecule has 2 rings (SSSR count). The number of sulfonamides is 1. The van der Waals surface area contributed by atoms with Gasteiger partial charge in [-0.25, -0.2) is 18.4 Å². The smallest absolute Gasteiger partial charge is 0.338 e. The van der Waals surface area contributed by atoms with Crippen LogP contribution >= 0.6 is 23.2 Å². The van der Waals surface area contributed by atoms with E-state index in [2.05, 4.69) is 0 Å². The van der Waals surface area contributed by atoms with Crippen molar-refractivity contribution in [3.63, 3.8) is 0 Å². The van der Waals surface area contributed by atoms with E-state index in [0.717, 1.165) is 0 Å². The molecule has 134 valence electrons. The van der Waals surface area contributed by atoms with Gasteiger partial charge in [-0.2, -0.15) is 0 Å². The van der Waals surface area contributed by atoms with Crippen molar-refractivity contribution in [1.29, 1.82) is 0 Å². The van der Waals surface area contributed by atoms with Gasteiger partial charge in [-0.3, -0.25) is 0 Å². The zero-order valence-corrected chi connectivity index (χ0v) is 15.5. The fraction of sp³-hybridized carbons (Fsp3) is 0.188. The Hall–Kier alpha value is -1.80. The van der Waals surface area contributed by atoms with Crippen LogP contribution in [0, 0.1) is 6.92 Å². The van der Waals surface area contributed by atoms with E-state index in [-0.39, 0.29) is 23.7 Å². The van der Waals surface area contributed by atoms with Crippen molar-refractivity contribution in [1.82, 2.24) is 0 Å². The molecule has 0 aliphatic heterocycles. The molecule has 0 atom stereocenters. The number of primary sulfonamides is 1. The third-order valence-corrected chi connectivity index (χ3v) is 4.78. The van der Waals surface area contributed by atoms with Gasteiger partial charge in [-0.1, -0.05) is 29.3 Å². The number of halogens is 2. The van der Waals surface area contributed by atoms with Crippen LogP contribution in [0.15, 0.2) is 41.3 Å². The lowest BCUT2D eigenvalue weighted by atomic mass is 10.1. The van der Waals surface area contributed by atoms with Crippen LogP contribution in [0.3, 0.4) is 0 Å². The number of ether oxygens (including phenoxy) is 2. The van der Waals surface area contributed by atoms with Crippen molar-refractivity contribution >= 4 is 39.2 Å². The van der Waals surface area contributed by atoms with Gasteiger partial charge < -0.3 is 9.47 Å². The molecular formula is C16H15Cl2NO5S. The normalized spacial score (nSPS) is 11.2. The SMILES string of the molecule is Cc1ccc(C(=O)OCCOc2ccc(Cl)cc2Cl)cc1S(N)(=O)=O. The predicted octanol–water partition coefficient (Wildman–Crippen LogP) is 3.19. The lowest BCUT2D eigenvalue weighted by Gasteiger charge is -2.10. The summed E-state index contributed by atoms with van der Waals surface area (Å²) in [6.45, 7) is 1.61. The first kappa shape index (κ1) is 19.5. The number of rotatable bonds is 6. The molecule has 9 heteroatoms. The first-order valence-corrected chi connectivity index (χ1v) is 9.37. The van der Waals surface area contributed by atoms with Gasteiger partial charge in [0.2, 0.25) is 10.0 Å². The number of carbonyl (C=O) groups is 1. The van der Waals surface area contributed by atoms with Gasteiger partial charge >= 0.3 is 5.97 Å². The van der Waals surface area contributed by atoms with E-state index in [4.69, 9.17) is 37.8 Å². The molecule has 0 unspecified atom stereocenters. The molecule has 0 amide bonds. The van der Waals surface area contributed by atoms with Gasteiger partial charge in [-0.15, -0.1) is 0 Å². The van der Waals surface area contributed by atoms with Crippen LogP contribution in [0.5, 0.6) is 5.75 Å². The zero-order chi connectivity index (χ0) is 18.6. The second kappa shape index (κ2) is 8.05. The number of hydrogen-bond acceptors (Lipinski definition) is 5. The first-order valence-electron chi connectivity index (χ1n) is 7.07. The molecule has 2 aromatic rings. The van der Waals surface area contributed by atoms with Gasteiger partial charge in [-0.05, 0) is 42.8 Å². The Labute approximate surface area is 155 Å². The lowest BCUT2D eigenvalue weighted by molar-refractivity contribution is 0.0450.